The molecule has 0 amide bonds. The molecule has 0 saturated carbocycles. The van der Waals surface area contributed by atoms with Crippen LogP contribution in [0.3, 0.4) is 0 Å². The quantitative estimate of drug-likeness (QED) is 0.125. The van der Waals surface area contributed by atoms with Crippen LogP contribution in [0.25, 0.3) is 0 Å². The molecule has 9 heteroatoms. The topological polar surface area (TPSA) is 58.9 Å². The molecular formula is C21H23F4NO3S. The van der Waals surface area contributed by atoms with Crippen LogP contribution in [0.1, 0.15) is 38.2 Å². The van der Waals surface area contributed by atoms with Crippen LogP contribution in [0.5, 0.6) is 0 Å². The van der Waals surface area contributed by atoms with Crippen molar-refractivity contribution in [3.8, 4) is 0 Å². The van der Waals surface area contributed by atoms with Crippen LogP contribution in [-0.4, -0.2) is 29.0 Å². The maximum atomic E-state index is 13.4. The van der Waals surface area contributed by atoms with Gasteiger partial charge in [-0.15, -0.1) is 11.8 Å². The van der Waals surface area contributed by atoms with Crippen LogP contribution in [0.2, 0.25) is 0 Å². The number of allylic oxidation sites excluding steroid dienone is 2. The third-order valence-corrected chi connectivity index (χ3v) is 5.58. The molecule has 4 nitrogen and oxygen atoms in total. The van der Waals surface area contributed by atoms with Gasteiger partial charge in [0.1, 0.15) is 18.2 Å². The maximum absolute atomic E-state index is 13.4. The lowest BCUT2D eigenvalue weighted by Crippen LogP contribution is -2.25. The van der Waals surface area contributed by atoms with Crippen LogP contribution >= 0.6 is 11.8 Å². The molecule has 0 aromatic heterocycles. The summed E-state index contributed by atoms with van der Waals surface area (Å²) in [7, 11) is 0. The van der Waals surface area contributed by atoms with E-state index in [4.69, 9.17) is 4.84 Å². The molecule has 1 aromatic rings. The highest BCUT2D eigenvalue weighted by Gasteiger charge is 2.34. The lowest BCUT2D eigenvalue weighted by Gasteiger charge is -2.23. The number of ketones is 1. The van der Waals surface area contributed by atoms with Crippen molar-refractivity contribution in [1.82, 2.24) is 0 Å². The second kappa shape index (κ2) is 10.7. The van der Waals surface area contributed by atoms with Crippen LogP contribution in [0.15, 0.2) is 52.2 Å². The first-order valence-corrected chi connectivity index (χ1v) is 10.4. The number of aliphatic hydroxyl groups is 1. The smallest absolute Gasteiger partial charge is 0.419 e. The van der Waals surface area contributed by atoms with E-state index in [-0.39, 0.29) is 42.5 Å². The second-order valence-electron chi connectivity index (χ2n) is 6.77. The highest BCUT2D eigenvalue weighted by atomic mass is 32.2. The highest BCUT2D eigenvalue weighted by molar-refractivity contribution is 7.99. The van der Waals surface area contributed by atoms with E-state index >= 15 is 0 Å². The zero-order valence-electron chi connectivity index (χ0n) is 16.5. The van der Waals surface area contributed by atoms with E-state index in [0.717, 1.165) is 23.9 Å². The monoisotopic (exact) mass is 445 g/mol. The van der Waals surface area contributed by atoms with Crippen LogP contribution in [-0.2, 0) is 15.8 Å². The summed E-state index contributed by atoms with van der Waals surface area (Å²) in [6, 6.07) is 2.88. The average Bonchev–Trinajstić information content (AvgIpc) is 2.66. The molecule has 1 aliphatic rings. The van der Waals surface area contributed by atoms with Gasteiger partial charge in [-0.05, 0) is 42.7 Å². The largest absolute Gasteiger partial charge is 0.511 e. The van der Waals surface area contributed by atoms with E-state index in [1.165, 1.54) is 12.1 Å². The molecule has 0 heterocycles. The van der Waals surface area contributed by atoms with E-state index in [1.807, 2.05) is 0 Å². The molecular weight excluding hydrogens is 422 g/mol. The Kier molecular flexibility index (Phi) is 8.52. The number of alkyl halides is 3. The summed E-state index contributed by atoms with van der Waals surface area (Å²) in [6.45, 7) is 5.49. The maximum Gasteiger partial charge on any atom is 0.419 e. The standard InChI is InChI=1S/C21H23F4NO3S/c1-3-8-29-26-17(4-2)20-18(27)10-13(11-19(20)28)7-9-30-14-5-6-16(22)15(12-14)21(23,24)25/h3,5-6,12-13,27H,1,4,7-11H2,2H3/b26-17-. The van der Waals surface area contributed by atoms with Gasteiger partial charge < -0.3 is 9.94 Å². The third kappa shape index (κ3) is 6.35. The Labute approximate surface area is 176 Å². The molecule has 0 bridgehead atoms. The summed E-state index contributed by atoms with van der Waals surface area (Å²) in [6.07, 6.45) is -1.83. The lowest BCUT2D eigenvalue weighted by molar-refractivity contribution is -0.140. The fourth-order valence-corrected chi connectivity index (χ4v) is 4.17. The third-order valence-electron chi connectivity index (χ3n) is 4.55. The van der Waals surface area contributed by atoms with Gasteiger partial charge in [0.2, 0.25) is 0 Å². The van der Waals surface area contributed by atoms with Crippen LogP contribution < -0.4 is 0 Å². The number of hydrogen-bond donors (Lipinski definition) is 1. The summed E-state index contributed by atoms with van der Waals surface area (Å²) in [5.74, 6) is -1.30. The molecule has 1 atom stereocenters. The minimum Gasteiger partial charge on any atom is -0.511 e. The average molecular weight is 445 g/mol. The molecule has 2 rings (SSSR count). The van der Waals surface area contributed by atoms with Crippen molar-refractivity contribution >= 4 is 23.3 Å². The van der Waals surface area contributed by atoms with Crippen molar-refractivity contribution in [3.63, 3.8) is 0 Å². The summed E-state index contributed by atoms with van der Waals surface area (Å²) in [5, 5.41) is 14.3. The molecule has 1 N–H and O–H groups in total. The molecule has 0 saturated heterocycles. The van der Waals surface area contributed by atoms with Crippen LogP contribution in [0.4, 0.5) is 17.6 Å². The molecule has 1 aliphatic carbocycles. The number of aliphatic hydroxyl groups excluding tert-OH is 1. The molecule has 164 valence electrons. The van der Waals surface area contributed by atoms with E-state index in [1.54, 1.807) is 6.92 Å². The first kappa shape index (κ1) is 24.0. The molecule has 0 radical (unpaired) electrons. The number of halogens is 4. The SMILES string of the molecule is C=CCO/N=C(/CC)C1=C(O)CC(CCSc2ccc(F)c(C(F)(F)F)c2)CC1=O. The number of rotatable bonds is 9. The van der Waals surface area contributed by atoms with Crippen molar-refractivity contribution in [2.24, 2.45) is 11.1 Å². The van der Waals surface area contributed by atoms with Crippen molar-refractivity contribution in [2.45, 2.75) is 43.7 Å². The Morgan fingerprint density at radius 1 is 1.40 bits per heavy atom. The lowest BCUT2D eigenvalue weighted by atomic mass is 9.83. The van der Waals surface area contributed by atoms with E-state index in [2.05, 4.69) is 11.7 Å². The molecule has 0 spiro atoms. The van der Waals surface area contributed by atoms with Gasteiger partial charge in [0, 0.05) is 17.7 Å². The first-order valence-electron chi connectivity index (χ1n) is 9.42. The van der Waals surface area contributed by atoms with Gasteiger partial charge in [-0.3, -0.25) is 4.79 Å². The number of thioether (sulfide) groups is 1. The van der Waals surface area contributed by atoms with Gasteiger partial charge in [0.05, 0.1) is 16.8 Å². The molecule has 0 aliphatic heterocycles. The van der Waals surface area contributed by atoms with Crippen molar-refractivity contribution < 1.29 is 32.3 Å². The zero-order valence-corrected chi connectivity index (χ0v) is 17.3. The van der Waals surface area contributed by atoms with Crippen molar-refractivity contribution in [1.29, 1.82) is 0 Å². The summed E-state index contributed by atoms with van der Waals surface area (Å²) >= 11 is 1.15. The number of carbonyl (C=O) groups is 1. The van der Waals surface area contributed by atoms with E-state index in [9.17, 15) is 27.5 Å². The molecule has 0 fully saturated rings. The highest BCUT2D eigenvalue weighted by Crippen LogP contribution is 2.35. The van der Waals surface area contributed by atoms with Crippen molar-refractivity contribution in [3.05, 3.63) is 53.6 Å². The first-order chi connectivity index (χ1) is 14.2. The van der Waals surface area contributed by atoms with Gasteiger partial charge in [-0.25, -0.2) is 4.39 Å². The fourth-order valence-electron chi connectivity index (χ4n) is 3.11. The minimum atomic E-state index is -4.75. The Morgan fingerprint density at radius 3 is 2.73 bits per heavy atom. The molecule has 30 heavy (non-hydrogen) atoms. The summed E-state index contributed by atoms with van der Waals surface area (Å²) in [4.78, 5) is 17.9. The van der Waals surface area contributed by atoms with Crippen molar-refractivity contribution in [2.75, 3.05) is 12.4 Å². The van der Waals surface area contributed by atoms with Gasteiger partial charge in [-0.1, -0.05) is 24.7 Å². The Balaban J connectivity index is 1.99. The number of oxime groups is 1. The Morgan fingerprint density at radius 2 is 2.13 bits per heavy atom. The van der Waals surface area contributed by atoms with E-state index in [0.29, 0.717) is 29.2 Å². The zero-order chi connectivity index (χ0) is 22.3. The number of benzene rings is 1. The van der Waals surface area contributed by atoms with Gasteiger partial charge in [0.25, 0.3) is 0 Å². The number of hydrogen-bond acceptors (Lipinski definition) is 5. The summed E-state index contributed by atoms with van der Waals surface area (Å²) < 4.78 is 51.8. The van der Waals surface area contributed by atoms with Crippen LogP contribution in [0, 0.1) is 11.7 Å². The predicted molar refractivity (Wildman–Crippen MR) is 108 cm³/mol. The Bertz CT molecular complexity index is 849. The number of Topliss-reactive ketones (excluding diaryl/α,β-unsaturated/α-hetero) is 1. The normalized spacial score (nSPS) is 18.0. The van der Waals surface area contributed by atoms with Gasteiger partial charge >= 0.3 is 6.18 Å². The fraction of sp³-hybridized carbons (Fsp3) is 0.429. The van der Waals surface area contributed by atoms with Gasteiger partial charge in [0.15, 0.2) is 5.78 Å². The minimum absolute atomic E-state index is 0.0507. The number of carbonyl (C=O) groups excluding carboxylic acids is 1. The number of nitrogens with zero attached hydrogens (tertiary/aromatic N) is 1. The molecule has 1 aromatic carbocycles. The van der Waals surface area contributed by atoms with E-state index < -0.39 is 17.6 Å². The molecule has 1 unspecified atom stereocenters. The second-order valence-corrected chi connectivity index (χ2v) is 7.94. The summed E-state index contributed by atoms with van der Waals surface area (Å²) in [5.41, 5.74) is -0.743. The predicted octanol–water partition coefficient (Wildman–Crippen LogP) is 6.09. The van der Waals surface area contributed by atoms with Gasteiger partial charge in [-0.2, -0.15) is 13.2 Å². The Hall–Kier alpha value is -2.29.